The zero-order chi connectivity index (χ0) is 13.0. The minimum atomic E-state index is -0.0926. The van der Waals surface area contributed by atoms with E-state index in [1.165, 1.54) is 0 Å². The second-order valence-electron chi connectivity index (χ2n) is 3.93. The second kappa shape index (κ2) is 5.65. The molecular weight excluding hydrogens is 248 g/mol. The van der Waals surface area contributed by atoms with Crippen molar-refractivity contribution in [3.8, 4) is 0 Å². The first-order valence-electron chi connectivity index (χ1n) is 5.62. The molecular formula is C14H13ClN2O. The first kappa shape index (κ1) is 12.6. The lowest BCUT2D eigenvalue weighted by molar-refractivity contribution is 0.0951. The molecule has 0 radical (unpaired) electrons. The predicted molar refractivity (Wildman–Crippen MR) is 71.6 cm³/mol. The third kappa shape index (κ3) is 3.08. The van der Waals surface area contributed by atoms with E-state index in [9.17, 15) is 4.79 Å². The molecule has 1 heterocycles. The summed E-state index contributed by atoms with van der Waals surface area (Å²) in [6.07, 6.45) is 0. The van der Waals surface area contributed by atoms with Crippen LogP contribution < -0.4 is 5.32 Å². The number of carbonyl (C=O) groups is 1. The summed E-state index contributed by atoms with van der Waals surface area (Å²) in [5, 5.41) is 3.32. The molecule has 0 saturated carbocycles. The van der Waals surface area contributed by atoms with Crippen molar-refractivity contribution in [2.45, 2.75) is 13.5 Å². The van der Waals surface area contributed by atoms with Crippen LogP contribution >= 0.6 is 11.6 Å². The maximum absolute atomic E-state index is 11.8. The van der Waals surface area contributed by atoms with Crippen LogP contribution in [0.5, 0.6) is 0 Å². The highest BCUT2D eigenvalue weighted by atomic mass is 35.5. The molecule has 4 heteroatoms. The Morgan fingerprint density at radius 2 is 1.94 bits per heavy atom. The molecule has 18 heavy (non-hydrogen) atoms. The number of aromatic nitrogens is 1. The Morgan fingerprint density at radius 1 is 1.22 bits per heavy atom. The van der Waals surface area contributed by atoms with Crippen molar-refractivity contribution in [2.24, 2.45) is 0 Å². The molecule has 1 aromatic heterocycles. The number of rotatable bonds is 3. The van der Waals surface area contributed by atoms with E-state index < -0.39 is 0 Å². The van der Waals surface area contributed by atoms with Crippen molar-refractivity contribution in [1.29, 1.82) is 0 Å². The number of carbonyl (C=O) groups excluding carboxylic acids is 1. The molecule has 2 aromatic rings. The van der Waals surface area contributed by atoms with Crippen LogP contribution in [0.25, 0.3) is 0 Å². The summed E-state index contributed by atoms with van der Waals surface area (Å²) < 4.78 is 0. The fourth-order valence-electron chi connectivity index (χ4n) is 1.61. The minimum Gasteiger partial charge on any atom is -0.348 e. The average molecular weight is 261 g/mol. The van der Waals surface area contributed by atoms with Gasteiger partial charge in [0.05, 0.1) is 0 Å². The lowest BCUT2D eigenvalue weighted by Crippen LogP contribution is -2.23. The Bertz CT molecular complexity index is 555. The molecule has 0 aliphatic carbocycles. The van der Waals surface area contributed by atoms with E-state index in [-0.39, 0.29) is 5.91 Å². The summed E-state index contributed by atoms with van der Waals surface area (Å²) in [5.41, 5.74) is 2.44. The smallest absolute Gasteiger partial charge is 0.251 e. The van der Waals surface area contributed by atoms with E-state index in [0.717, 1.165) is 11.3 Å². The van der Waals surface area contributed by atoms with Gasteiger partial charge in [0.25, 0.3) is 5.91 Å². The molecule has 0 atom stereocenters. The highest BCUT2D eigenvalue weighted by Gasteiger charge is 2.06. The van der Waals surface area contributed by atoms with Gasteiger partial charge in [-0.25, -0.2) is 4.98 Å². The normalized spacial score (nSPS) is 10.1. The van der Waals surface area contributed by atoms with Gasteiger partial charge in [-0.15, -0.1) is 0 Å². The molecule has 1 N–H and O–H groups in total. The topological polar surface area (TPSA) is 42.0 Å². The quantitative estimate of drug-likeness (QED) is 0.862. The number of pyridine rings is 1. The summed E-state index contributed by atoms with van der Waals surface area (Å²) >= 11 is 5.78. The predicted octanol–water partition coefficient (Wildman–Crippen LogP) is 2.97. The van der Waals surface area contributed by atoms with Crippen LogP contribution in [0, 0.1) is 6.92 Å². The Kier molecular flexibility index (Phi) is 3.95. The van der Waals surface area contributed by atoms with Crippen LogP contribution in [0.2, 0.25) is 5.15 Å². The van der Waals surface area contributed by atoms with Crippen LogP contribution in [0.1, 0.15) is 21.6 Å². The first-order chi connectivity index (χ1) is 8.66. The van der Waals surface area contributed by atoms with Gasteiger partial charge in [-0.05, 0) is 30.7 Å². The fourth-order valence-corrected chi connectivity index (χ4v) is 1.80. The van der Waals surface area contributed by atoms with Gasteiger partial charge in [-0.3, -0.25) is 4.79 Å². The molecule has 0 aliphatic rings. The number of nitrogens with zero attached hydrogens (tertiary/aromatic N) is 1. The maximum atomic E-state index is 11.8. The zero-order valence-electron chi connectivity index (χ0n) is 9.98. The summed E-state index contributed by atoms with van der Waals surface area (Å²) in [7, 11) is 0. The molecule has 0 spiro atoms. The van der Waals surface area contributed by atoms with Gasteiger partial charge in [0.2, 0.25) is 0 Å². The van der Waals surface area contributed by atoms with Crippen LogP contribution in [-0.2, 0) is 6.54 Å². The maximum Gasteiger partial charge on any atom is 0.251 e. The number of hydrogen-bond acceptors (Lipinski definition) is 2. The average Bonchev–Trinajstić information content (AvgIpc) is 2.38. The van der Waals surface area contributed by atoms with Crippen LogP contribution in [0.15, 0.2) is 42.5 Å². The highest BCUT2D eigenvalue weighted by molar-refractivity contribution is 6.29. The number of halogens is 1. The number of benzene rings is 1. The Balaban J connectivity index is 2.02. The molecule has 0 saturated heterocycles. The largest absolute Gasteiger partial charge is 0.348 e. The highest BCUT2D eigenvalue weighted by Crippen LogP contribution is 2.10. The van der Waals surface area contributed by atoms with E-state index >= 15 is 0 Å². The third-order valence-electron chi connectivity index (χ3n) is 2.64. The van der Waals surface area contributed by atoms with Gasteiger partial charge >= 0.3 is 0 Å². The Labute approximate surface area is 111 Å². The van der Waals surface area contributed by atoms with Gasteiger partial charge in [-0.1, -0.05) is 35.9 Å². The Morgan fingerprint density at radius 3 is 2.61 bits per heavy atom. The van der Waals surface area contributed by atoms with Crippen molar-refractivity contribution < 1.29 is 4.79 Å². The minimum absolute atomic E-state index is 0.0926. The van der Waals surface area contributed by atoms with E-state index in [2.05, 4.69) is 10.3 Å². The molecule has 1 aromatic carbocycles. The fraction of sp³-hybridized carbons (Fsp3) is 0.143. The summed E-state index contributed by atoms with van der Waals surface area (Å²) in [4.78, 5) is 16.0. The van der Waals surface area contributed by atoms with Gasteiger partial charge in [-0.2, -0.15) is 0 Å². The number of hydrogen-bond donors (Lipinski definition) is 1. The van der Waals surface area contributed by atoms with Crippen molar-refractivity contribution in [3.63, 3.8) is 0 Å². The number of nitrogens with one attached hydrogen (secondary N) is 1. The lowest BCUT2D eigenvalue weighted by atomic mass is 10.2. The van der Waals surface area contributed by atoms with E-state index in [0.29, 0.717) is 17.3 Å². The van der Waals surface area contributed by atoms with Crippen LogP contribution in [0.4, 0.5) is 0 Å². The van der Waals surface area contributed by atoms with Gasteiger partial charge in [0.1, 0.15) is 5.15 Å². The zero-order valence-corrected chi connectivity index (χ0v) is 10.7. The SMILES string of the molecule is Cc1nc(Cl)ccc1CNC(=O)c1ccccc1. The van der Waals surface area contributed by atoms with Crippen molar-refractivity contribution in [3.05, 3.63) is 64.4 Å². The van der Waals surface area contributed by atoms with E-state index in [4.69, 9.17) is 11.6 Å². The van der Waals surface area contributed by atoms with E-state index in [1.54, 1.807) is 18.2 Å². The molecule has 92 valence electrons. The van der Waals surface area contributed by atoms with Crippen LogP contribution in [-0.4, -0.2) is 10.9 Å². The number of aryl methyl sites for hydroxylation is 1. The van der Waals surface area contributed by atoms with Crippen molar-refractivity contribution in [1.82, 2.24) is 10.3 Å². The third-order valence-corrected chi connectivity index (χ3v) is 2.85. The lowest BCUT2D eigenvalue weighted by Gasteiger charge is -2.07. The summed E-state index contributed by atoms with van der Waals surface area (Å²) in [6.45, 7) is 2.32. The molecule has 1 amide bonds. The van der Waals surface area contributed by atoms with E-state index in [1.807, 2.05) is 31.2 Å². The van der Waals surface area contributed by atoms with Gasteiger partial charge in [0.15, 0.2) is 0 Å². The molecule has 0 aliphatic heterocycles. The van der Waals surface area contributed by atoms with Crippen molar-refractivity contribution in [2.75, 3.05) is 0 Å². The molecule has 3 nitrogen and oxygen atoms in total. The summed E-state index contributed by atoms with van der Waals surface area (Å²) in [5.74, 6) is -0.0926. The molecule has 0 bridgehead atoms. The molecule has 0 unspecified atom stereocenters. The molecule has 2 rings (SSSR count). The first-order valence-corrected chi connectivity index (χ1v) is 6.00. The summed E-state index contributed by atoms with van der Waals surface area (Å²) in [6, 6.07) is 12.7. The number of amides is 1. The Hall–Kier alpha value is -1.87. The van der Waals surface area contributed by atoms with Gasteiger partial charge < -0.3 is 5.32 Å². The monoisotopic (exact) mass is 260 g/mol. The van der Waals surface area contributed by atoms with Crippen LogP contribution in [0.3, 0.4) is 0 Å². The molecule has 0 fully saturated rings. The van der Waals surface area contributed by atoms with Crippen molar-refractivity contribution >= 4 is 17.5 Å². The standard InChI is InChI=1S/C14H13ClN2O/c1-10-12(7-8-13(15)17-10)9-16-14(18)11-5-3-2-4-6-11/h2-8H,9H2,1H3,(H,16,18). The van der Waals surface area contributed by atoms with Gasteiger partial charge in [0, 0.05) is 17.8 Å². The second-order valence-corrected chi connectivity index (χ2v) is 4.31.